The molecule has 1 fully saturated rings. The summed E-state index contributed by atoms with van der Waals surface area (Å²) in [7, 11) is 0. The summed E-state index contributed by atoms with van der Waals surface area (Å²) in [6, 6.07) is 3.24. The second-order valence-corrected chi connectivity index (χ2v) is 7.97. The van der Waals surface area contributed by atoms with Crippen molar-refractivity contribution in [1.82, 2.24) is 19.5 Å². The third-order valence-corrected chi connectivity index (χ3v) is 5.94. The van der Waals surface area contributed by atoms with Crippen LogP contribution < -0.4 is 5.73 Å². The van der Waals surface area contributed by atoms with Gasteiger partial charge >= 0.3 is 0 Å². The van der Waals surface area contributed by atoms with E-state index < -0.39 is 12.0 Å². The average Bonchev–Trinajstić information content (AvgIpc) is 3.12. The normalized spacial score (nSPS) is 19.7. The van der Waals surface area contributed by atoms with Gasteiger partial charge in [0.1, 0.15) is 17.7 Å². The summed E-state index contributed by atoms with van der Waals surface area (Å²) in [4.78, 5) is 5.79. The molecule has 0 spiro atoms. The number of rotatable bonds is 3. The Morgan fingerprint density at radius 3 is 2.62 bits per heavy atom. The van der Waals surface area contributed by atoms with Gasteiger partial charge in [0.05, 0.1) is 17.2 Å². The van der Waals surface area contributed by atoms with Crippen molar-refractivity contribution in [2.75, 3.05) is 13.1 Å². The van der Waals surface area contributed by atoms with Crippen molar-refractivity contribution in [3.8, 4) is 0 Å². The van der Waals surface area contributed by atoms with Gasteiger partial charge in [-0.3, -0.25) is 0 Å². The van der Waals surface area contributed by atoms with E-state index >= 15 is 0 Å². The third-order valence-electron chi connectivity index (χ3n) is 5.94. The molecule has 0 amide bonds. The summed E-state index contributed by atoms with van der Waals surface area (Å²) in [6.07, 6.45) is 2.72. The molecule has 1 aliphatic rings. The van der Waals surface area contributed by atoms with Gasteiger partial charge in [-0.2, -0.15) is 5.10 Å². The summed E-state index contributed by atoms with van der Waals surface area (Å²) in [6.45, 7) is 8.83. The number of imidazole rings is 1. The van der Waals surface area contributed by atoms with E-state index in [1.165, 1.54) is 12.1 Å². The lowest BCUT2D eigenvalue weighted by Gasteiger charge is -2.40. The number of aliphatic hydroxyl groups is 1. The van der Waals surface area contributed by atoms with Crippen LogP contribution in [0.1, 0.15) is 51.0 Å². The Labute approximate surface area is 151 Å². The average molecular weight is 359 g/mol. The molecule has 140 valence electrons. The highest BCUT2D eigenvalue weighted by Crippen LogP contribution is 2.38. The first-order chi connectivity index (χ1) is 12.3. The number of fused-ring (bicyclic) bond motifs is 3. The molecule has 1 saturated heterocycles. The van der Waals surface area contributed by atoms with Crippen LogP contribution in [-0.2, 0) is 5.41 Å². The number of nitrogens with zero attached hydrogens (tertiary/aromatic N) is 3. The third kappa shape index (κ3) is 2.62. The van der Waals surface area contributed by atoms with E-state index in [-0.39, 0.29) is 5.41 Å². The van der Waals surface area contributed by atoms with Gasteiger partial charge in [0.25, 0.3) is 0 Å². The predicted molar refractivity (Wildman–Crippen MR) is 99.4 cm³/mol. The maximum Gasteiger partial charge on any atom is 0.138 e. The number of aliphatic hydroxyl groups excluding tert-OH is 1. The minimum Gasteiger partial charge on any atom is -0.374 e. The molecule has 26 heavy (non-hydrogen) atoms. The summed E-state index contributed by atoms with van der Waals surface area (Å²) < 4.78 is 15.7. The number of halogens is 1. The lowest BCUT2D eigenvalue weighted by Crippen LogP contribution is -2.43. The molecule has 1 atom stereocenters. The molecular weight excluding hydrogens is 333 g/mol. The fourth-order valence-corrected chi connectivity index (χ4v) is 4.19. The minimum absolute atomic E-state index is 0.00799. The van der Waals surface area contributed by atoms with Crippen molar-refractivity contribution in [1.29, 1.82) is 0 Å². The van der Waals surface area contributed by atoms with Gasteiger partial charge in [-0.05, 0) is 51.9 Å². The van der Waals surface area contributed by atoms with Crippen molar-refractivity contribution in [3.63, 3.8) is 0 Å². The van der Waals surface area contributed by atoms with E-state index in [0.717, 1.165) is 37.1 Å². The number of nitrogens with two attached hydrogens (primary N) is 1. The number of nitrogens with one attached hydrogen (secondary N) is 1. The van der Waals surface area contributed by atoms with Gasteiger partial charge in [0.2, 0.25) is 0 Å². The standard InChI is InChI=1S/C19H26FN5O/c1-11(2)24-6-4-19(3,5-7-24)14-10-22-25-16-13(17(21)26)8-12(20)9-15(16)23-18(14)25/h8-11,17,23,26H,4-7,21H2,1-3H3. The van der Waals surface area contributed by atoms with Crippen LogP contribution in [0.2, 0.25) is 0 Å². The maximum atomic E-state index is 13.9. The molecule has 1 aromatic carbocycles. The zero-order valence-electron chi connectivity index (χ0n) is 15.5. The van der Waals surface area contributed by atoms with Gasteiger partial charge in [0.15, 0.2) is 0 Å². The Morgan fingerprint density at radius 1 is 1.31 bits per heavy atom. The number of likely N-dealkylation sites (tertiary alicyclic amines) is 1. The van der Waals surface area contributed by atoms with Gasteiger partial charge < -0.3 is 20.7 Å². The second-order valence-electron chi connectivity index (χ2n) is 7.97. The van der Waals surface area contributed by atoms with Crippen LogP contribution in [0, 0.1) is 5.82 Å². The number of benzene rings is 1. The molecule has 0 bridgehead atoms. The van der Waals surface area contributed by atoms with E-state index in [9.17, 15) is 9.50 Å². The molecule has 6 nitrogen and oxygen atoms in total. The molecule has 4 rings (SSSR count). The lowest BCUT2D eigenvalue weighted by molar-refractivity contribution is 0.137. The number of H-pyrrole nitrogens is 1. The van der Waals surface area contributed by atoms with Crippen LogP contribution in [0.5, 0.6) is 0 Å². The second kappa shape index (κ2) is 6.04. The van der Waals surface area contributed by atoms with Crippen molar-refractivity contribution in [2.45, 2.75) is 51.3 Å². The highest BCUT2D eigenvalue weighted by Gasteiger charge is 2.35. The molecule has 0 aliphatic carbocycles. The minimum atomic E-state index is -1.26. The van der Waals surface area contributed by atoms with Gasteiger partial charge in [0, 0.05) is 22.6 Å². The maximum absolute atomic E-state index is 13.9. The van der Waals surface area contributed by atoms with Gasteiger partial charge in [-0.15, -0.1) is 0 Å². The van der Waals surface area contributed by atoms with E-state index in [2.05, 4.69) is 35.8 Å². The van der Waals surface area contributed by atoms with Crippen LogP contribution in [0.15, 0.2) is 18.3 Å². The zero-order chi connectivity index (χ0) is 18.6. The molecule has 0 saturated carbocycles. The number of aromatic amines is 1. The largest absolute Gasteiger partial charge is 0.374 e. The predicted octanol–water partition coefficient (Wildman–Crippen LogP) is 2.67. The number of hydrogen-bond acceptors (Lipinski definition) is 4. The lowest BCUT2D eigenvalue weighted by atomic mass is 9.75. The smallest absolute Gasteiger partial charge is 0.138 e. The van der Waals surface area contributed by atoms with Crippen LogP contribution in [0.3, 0.4) is 0 Å². The summed E-state index contributed by atoms with van der Waals surface area (Å²) >= 11 is 0. The monoisotopic (exact) mass is 359 g/mol. The number of piperidine rings is 1. The van der Waals surface area contributed by atoms with Crippen molar-refractivity contribution in [3.05, 3.63) is 35.3 Å². The molecule has 7 heteroatoms. The Bertz CT molecular complexity index is 950. The molecule has 3 aromatic rings. The van der Waals surface area contributed by atoms with Crippen molar-refractivity contribution < 1.29 is 9.50 Å². The molecule has 3 heterocycles. The van der Waals surface area contributed by atoms with E-state index in [4.69, 9.17) is 5.73 Å². The highest BCUT2D eigenvalue weighted by atomic mass is 19.1. The Morgan fingerprint density at radius 2 is 2.00 bits per heavy atom. The first-order valence-corrected chi connectivity index (χ1v) is 9.17. The van der Waals surface area contributed by atoms with Gasteiger partial charge in [-0.25, -0.2) is 8.91 Å². The van der Waals surface area contributed by atoms with Crippen molar-refractivity contribution >= 4 is 16.7 Å². The first kappa shape index (κ1) is 17.5. The summed E-state index contributed by atoms with van der Waals surface area (Å²) in [5, 5.41) is 14.4. The molecule has 1 unspecified atom stereocenters. The number of hydrogen-bond donors (Lipinski definition) is 3. The molecule has 1 aliphatic heterocycles. The van der Waals surface area contributed by atoms with Crippen LogP contribution in [-0.4, -0.2) is 43.7 Å². The molecule has 0 radical (unpaired) electrons. The van der Waals surface area contributed by atoms with Crippen LogP contribution in [0.4, 0.5) is 4.39 Å². The summed E-state index contributed by atoms with van der Waals surface area (Å²) in [5.41, 5.74) is 9.20. The Kier molecular flexibility index (Phi) is 4.06. The Balaban J connectivity index is 1.82. The fourth-order valence-electron chi connectivity index (χ4n) is 4.19. The first-order valence-electron chi connectivity index (χ1n) is 9.17. The Hall–Kier alpha value is -1.96. The zero-order valence-corrected chi connectivity index (χ0v) is 15.5. The van der Waals surface area contributed by atoms with Crippen molar-refractivity contribution in [2.24, 2.45) is 5.73 Å². The van der Waals surface area contributed by atoms with E-state index in [1.54, 1.807) is 4.52 Å². The van der Waals surface area contributed by atoms with E-state index in [1.807, 2.05) is 6.20 Å². The van der Waals surface area contributed by atoms with Crippen LogP contribution in [0.25, 0.3) is 16.7 Å². The number of aromatic nitrogens is 3. The highest BCUT2D eigenvalue weighted by molar-refractivity contribution is 5.84. The quantitative estimate of drug-likeness (QED) is 0.628. The fraction of sp³-hybridized carbons (Fsp3) is 0.526. The van der Waals surface area contributed by atoms with Gasteiger partial charge in [-0.1, -0.05) is 6.92 Å². The van der Waals surface area contributed by atoms with Crippen LogP contribution >= 0.6 is 0 Å². The molecule has 4 N–H and O–H groups in total. The SMILES string of the molecule is CC(C)N1CCC(C)(c2cnn3c2[nH]c2cc(F)cc(C(N)O)c23)CC1. The summed E-state index contributed by atoms with van der Waals surface area (Å²) in [5.74, 6) is -0.431. The molecular formula is C19H26FN5O. The topological polar surface area (TPSA) is 82.6 Å². The van der Waals surface area contributed by atoms with E-state index in [0.29, 0.717) is 22.6 Å². The molecule has 2 aromatic heterocycles.